The molecule has 27 heavy (non-hydrogen) atoms. The molecular formula is C21H22N4O2. The van der Waals surface area contributed by atoms with Crippen molar-refractivity contribution in [3.8, 4) is 5.75 Å². The third kappa shape index (κ3) is 2.67. The standard InChI is InChI=1S/C21H22N4O2/c1-27-18-7-3-14(4-8-18)15-11-16-5-6-17(12-15)25(16)21(26)19-13-23-24-10-2-9-22-20(19)24/h2-4,7-10,13,15-17H,5-6,11-12H2,1H3/t15?,16-,17+. The average molecular weight is 362 g/mol. The highest BCUT2D eigenvalue weighted by Gasteiger charge is 2.44. The fourth-order valence-corrected chi connectivity index (χ4v) is 4.77. The van der Waals surface area contributed by atoms with Crippen LogP contribution in [0.3, 0.4) is 0 Å². The van der Waals surface area contributed by atoms with Gasteiger partial charge in [-0.15, -0.1) is 0 Å². The van der Waals surface area contributed by atoms with Gasteiger partial charge in [0.15, 0.2) is 5.65 Å². The summed E-state index contributed by atoms with van der Waals surface area (Å²) in [5.74, 6) is 1.46. The molecule has 2 aliphatic heterocycles. The fraction of sp³-hybridized carbons (Fsp3) is 0.381. The molecule has 138 valence electrons. The van der Waals surface area contributed by atoms with Crippen LogP contribution in [0.5, 0.6) is 5.75 Å². The van der Waals surface area contributed by atoms with Gasteiger partial charge < -0.3 is 9.64 Å². The second-order valence-corrected chi connectivity index (χ2v) is 7.49. The molecule has 0 spiro atoms. The Hall–Kier alpha value is -2.89. The Labute approximate surface area is 157 Å². The van der Waals surface area contributed by atoms with Crippen molar-refractivity contribution in [1.82, 2.24) is 19.5 Å². The molecule has 2 saturated heterocycles. The van der Waals surface area contributed by atoms with Crippen molar-refractivity contribution in [2.75, 3.05) is 7.11 Å². The molecule has 0 saturated carbocycles. The number of methoxy groups -OCH3 is 1. The van der Waals surface area contributed by atoms with Crippen LogP contribution in [0.2, 0.25) is 0 Å². The molecule has 4 heterocycles. The number of hydrogen-bond acceptors (Lipinski definition) is 4. The second kappa shape index (κ2) is 6.37. The van der Waals surface area contributed by atoms with Crippen molar-refractivity contribution in [2.45, 2.75) is 43.7 Å². The quantitative estimate of drug-likeness (QED) is 0.717. The summed E-state index contributed by atoms with van der Waals surface area (Å²) < 4.78 is 6.94. The minimum absolute atomic E-state index is 0.0735. The molecule has 0 aliphatic carbocycles. The van der Waals surface area contributed by atoms with E-state index in [4.69, 9.17) is 4.74 Å². The van der Waals surface area contributed by atoms with Crippen LogP contribution < -0.4 is 4.74 Å². The molecule has 6 nitrogen and oxygen atoms in total. The topological polar surface area (TPSA) is 59.7 Å². The summed E-state index contributed by atoms with van der Waals surface area (Å²) in [6.45, 7) is 0. The van der Waals surface area contributed by atoms with Crippen LogP contribution in [0.4, 0.5) is 0 Å². The number of piperidine rings is 1. The molecule has 6 heteroatoms. The van der Waals surface area contributed by atoms with Crippen molar-refractivity contribution < 1.29 is 9.53 Å². The Bertz CT molecular complexity index is 967. The summed E-state index contributed by atoms with van der Waals surface area (Å²) in [7, 11) is 1.69. The Balaban J connectivity index is 1.39. The number of benzene rings is 1. The number of nitrogens with zero attached hydrogens (tertiary/aromatic N) is 4. The molecule has 5 rings (SSSR count). The smallest absolute Gasteiger partial charge is 0.259 e. The van der Waals surface area contributed by atoms with E-state index in [1.54, 1.807) is 24.0 Å². The van der Waals surface area contributed by atoms with Gasteiger partial charge in [0.1, 0.15) is 11.3 Å². The summed E-state index contributed by atoms with van der Waals surface area (Å²) in [4.78, 5) is 19.7. The van der Waals surface area contributed by atoms with Crippen LogP contribution in [-0.4, -0.2) is 44.6 Å². The van der Waals surface area contributed by atoms with Crippen LogP contribution in [0.15, 0.2) is 48.9 Å². The molecule has 2 bridgehead atoms. The zero-order valence-electron chi connectivity index (χ0n) is 15.3. The lowest BCUT2D eigenvalue weighted by Crippen LogP contribution is -2.46. The third-order valence-electron chi connectivity index (χ3n) is 6.06. The van der Waals surface area contributed by atoms with Gasteiger partial charge in [-0.05, 0) is 55.4 Å². The van der Waals surface area contributed by atoms with Crippen molar-refractivity contribution in [3.05, 3.63) is 60.0 Å². The van der Waals surface area contributed by atoms with Crippen LogP contribution >= 0.6 is 0 Å². The van der Waals surface area contributed by atoms with Crippen molar-refractivity contribution in [1.29, 1.82) is 0 Å². The summed E-state index contributed by atoms with van der Waals surface area (Å²) in [5, 5.41) is 4.28. The minimum Gasteiger partial charge on any atom is -0.497 e. The molecule has 0 radical (unpaired) electrons. The first-order valence-corrected chi connectivity index (χ1v) is 9.49. The first-order chi connectivity index (χ1) is 13.2. The van der Waals surface area contributed by atoms with Gasteiger partial charge in [-0.3, -0.25) is 4.79 Å². The molecule has 2 fully saturated rings. The van der Waals surface area contributed by atoms with E-state index in [1.165, 1.54) is 5.56 Å². The van der Waals surface area contributed by atoms with E-state index < -0.39 is 0 Å². The highest BCUT2D eigenvalue weighted by molar-refractivity contribution is 6.00. The minimum atomic E-state index is 0.0735. The van der Waals surface area contributed by atoms with E-state index in [2.05, 4.69) is 27.1 Å². The third-order valence-corrected chi connectivity index (χ3v) is 6.06. The molecule has 3 aromatic rings. The predicted octanol–water partition coefficient (Wildman–Crippen LogP) is 3.29. The van der Waals surface area contributed by atoms with E-state index in [-0.39, 0.29) is 5.91 Å². The van der Waals surface area contributed by atoms with Gasteiger partial charge in [0.2, 0.25) is 0 Å². The normalized spacial score (nSPS) is 24.3. The van der Waals surface area contributed by atoms with Gasteiger partial charge in [0, 0.05) is 24.5 Å². The van der Waals surface area contributed by atoms with E-state index in [1.807, 2.05) is 24.4 Å². The number of ether oxygens (including phenoxy) is 1. The van der Waals surface area contributed by atoms with Crippen LogP contribution in [0.25, 0.3) is 5.65 Å². The van der Waals surface area contributed by atoms with Gasteiger partial charge in [-0.1, -0.05) is 12.1 Å². The fourth-order valence-electron chi connectivity index (χ4n) is 4.77. The van der Waals surface area contributed by atoms with E-state index in [9.17, 15) is 4.79 Å². The average Bonchev–Trinajstić information content (AvgIpc) is 3.26. The molecule has 2 aromatic heterocycles. The Kier molecular flexibility index (Phi) is 3.85. The molecular weight excluding hydrogens is 340 g/mol. The van der Waals surface area contributed by atoms with E-state index in [0.29, 0.717) is 29.2 Å². The van der Waals surface area contributed by atoms with Crippen LogP contribution in [0.1, 0.15) is 47.5 Å². The number of fused-ring (bicyclic) bond motifs is 3. The van der Waals surface area contributed by atoms with E-state index in [0.717, 1.165) is 31.4 Å². The van der Waals surface area contributed by atoms with Gasteiger partial charge in [-0.2, -0.15) is 5.10 Å². The van der Waals surface area contributed by atoms with Gasteiger partial charge >= 0.3 is 0 Å². The number of hydrogen-bond donors (Lipinski definition) is 0. The van der Waals surface area contributed by atoms with Gasteiger partial charge in [0.25, 0.3) is 5.91 Å². The lowest BCUT2D eigenvalue weighted by molar-refractivity contribution is 0.0573. The van der Waals surface area contributed by atoms with Crippen molar-refractivity contribution in [2.24, 2.45) is 0 Å². The zero-order valence-corrected chi connectivity index (χ0v) is 15.3. The number of rotatable bonds is 3. The highest BCUT2D eigenvalue weighted by atomic mass is 16.5. The Morgan fingerprint density at radius 3 is 2.59 bits per heavy atom. The van der Waals surface area contributed by atoms with Gasteiger partial charge in [-0.25, -0.2) is 9.50 Å². The molecule has 1 unspecified atom stereocenters. The summed E-state index contributed by atoms with van der Waals surface area (Å²) in [5.41, 5.74) is 2.59. The molecule has 1 amide bonds. The maximum Gasteiger partial charge on any atom is 0.259 e. The summed E-state index contributed by atoms with van der Waals surface area (Å²) >= 11 is 0. The maximum absolute atomic E-state index is 13.3. The lowest BCUT2D eigenvalue weighted by Gasteiger charge is -2.39. The molecule has 0 N–H and O–H groups in total. The van der Waals surface area contributed by atoms with Gasteiger partial charge in [0.05, 0.1) is 13.3 Å². The number of aromatic nitrogens is 3. The molecule has 3 atom stereocenters. The van der Waals surface area contributed by atoms with E-state index >= 15 is 0 Å². The van der Waals surface area contributed by atoms with Crippen LogP contribution in [0, 0.1) is 0 Å². The number of carbonyl (C=O) groups is 1. The lowest BCUT2D eigenvalue weighted by atomic mass is 9.85. The Morgan fingerprint density at radius 2 is 1.89 bits per heavy atom. The maximum atomic E-state index is 13.3. The highest BCUT2D eigenvalue weighted by Crippen LogP contribution is 2.44. The molecule has 2 aliphatic rings. The monoisotopic (exact) mass is 362 g/mol. The van der Waals surface area contributed by atoms with Crippen LogP contribution in [-0.2, 0) is 0 Å². The Morgan fingerprint density at radius 1 is 1.15 bits per heavy atom. The predicted molar refractivity (Wildman–Crippen MR) is 101 cm³/mol. The number of amides is 1. The molecule has 1 aromatic carbocycles. The summed E-state index contributed by atoms with van der Waals surface area (Å²) in [6.07, 6.45) is 9.37. The first-order valence-electron chi connectivity index (χ1n) is 9.49. The van der Waals surface area contributed by atoms with Crippen molar-refractivity contribution >= 4 is 11.6 Å². The largest absolute Gasteiger partial charge is 0.497 e. The van der Waals surface area contributed by atoms with Crippen molar-refractivity contribution in [3.63, 3.8) is 0 Å². The zero-order chi connectivity index (χ0) is 18.4. The SMILES string of the molecule is COc1ccc(C2C[C@H]3CC[C@@H](C2)N3C(=O)c2cnn3cccnc23)cc1. The first kappa shape index (κ1) is 16.3. The number of carbonyl (C=O) groups excluding carboxylic acids is 1. The second-order valence-electron chi connectivity index (χ2n) is 7.49. The summed E-state index contributed by atoms with van der Waals surface area (Å²) in [6, 6.07) is 10.8.